The van der Waals surface area contributed by atoms with Gasteiger partial charge in [-0.3, -0.25) is 0 Å². The molecule has 5 heteroatoms. The Bertz CT molecular complexity index is 1770. The van der Waals surface area contributed by atoms with Gasteiger partial charge < -0.3 is 0 Å². The second-order valence-corrected chi connectivity index (χ2v) is 22.7. The van der Waals surface area contributed by atoms with E-state index < -0.39 is 16.0 Å². The van der Waals surface area contributed by atoms with Crippen molar-refractivity contribution in [2.45, 2.75) is 63.3 Å². The fraction of sp³-hybridized carbons (Fsp3) is 0.385. The van der Waals surface area contributed by atoms with Crippen LogP contribution in [0.4, 0.5) is 0 Å². The van der Waals surface area contributed by atoms with Crippen molar-refractivity contribution in [1.82, 2.24) is 9.97 Å². The summed E-state index contributed by atoms with van der Waals surface area (Å²) in [4.78, 5) is 10.7. The van der Waals surface area contributed by atoms with Crippen LogP contribution in [0.1, 0.15) is 43.2 Å². The van der Waals surface area contributed by atoms with Gasteiger partial charge in [0.1, 0.15) is 0 Å². The van der Waals surface area contributed by atoms with E-state index in [1.54, 1.807) is 16.3 Å². The first kappa shape index (κ1) is 29.0. The molecule has 2 heterocycles. The first-order valence-electron chi connectivity index (χ1n) is 16.6. The maximum absolute atomic E-state index is 5.35. The predicted molar refractivity (Wildman–Crippen MR) is 196 cm³/mol. The molecular formula is C39H44N2P2Si. The van der Waals surface area contributed by atoms with Gasteiger partial charge >= 0.3 is 0 Å². The average Bonchev–Trinajstić information content (AvgIpc) is 3.02. The lowest BCUT2D eigenvalue weighted by atomic mass is 9.43. The minimum Gasteiger partial charge on any atom is -0.248 e. The molecule has 4 saturated carbocycles. The molecule has 0 radical (unpaired) electrons. The zero-order valence-corrected chi connectivity index (χ0v) is 29.4. The van der Waals surface area contributed by atoms with E-state index in [4.69, 9.17) is 9.97 Å². The van der Waals surface area contributed by atoms with Crippen LogP contribution in [0.5, 0.6) is 0 Å². The summed E-state index contributed by atoms with van der Waals surface area (Å²) < 4.78 is 0. The van der Waals surface area contributed by atoms with Crippen LogP contribution in [0.2, 0.25) is 19.6 Å². The quantitative estimate of drug-likeness (QED) is 0.133. The van der Waals surface area contributed by atoms with Gasteiger partial charge in [0, 0.05) is 24.9 Å². The molecule has 4 atom stereocenters. The third-order valence-corrected chi connectivity index (χ3v) is 16.1. The average molecular weight is 631 g/mol. The number of aromatic nitrogens is 2. The molecule has 224 valence electrons. The maximum Gasteiger partial charge on any atom is 0.0776 e. The van der Waals surface area contributed by atoms with Crippen molar-refractivity contribution < 1.29 is 0 Å². The normalized spacial score (nSPS) is 26.2. The molecule has 0 spiro atoms. The Morgan fingerprint density at radius 3 is 1.91 bits per heavy atom. The van der Waals surface area contributed by atoms with E-state index in [1.165, 1.54) is 59.9 Å². The Labute approximate surface area is 267 Å². The van der Waals surface area contributed by atoms with Crippen molar-refractivity contribution in [2.24, 2.45) is 23.7 Å². The Morgan fingerprint density at radius 2 is 1.34 bits per heavy atom. The molecule has 3 aromatic carbocycles. The standard InChI is InChI=1S/C39H44N2P2Si/c1-44(2,3)32-14-15-33(39-22-26-18-27(23-39)20-30(19-26)34(39)24-42)31(21-32)25-43(37-16-12-28-8-4-6-10-35(28)40-37)38-17-13-29-9-5-7-11-36(29)41-38/h4-17,21,26-27,30,34H,18-20,22-25,42H2,1-3H3. The van der Waals surface area contributed by atoms with Gasteiger partial charge in [0.05, 0.1) is 30.0 Å². The van der Waals surface area contributed by atoms with Gasteiger partial charge in [0.15, 0.2) is 0 Å². The Morgan fingerprint density at radius 1 is 0.750 bits per heavy atom. The molecule has 0 amide bonds. The van der Waals surface area contributed by atoms with Crippen LogP contribution < -0.4 is 16.1 Å². The number of rotatable bonds is 7. The summed E-state index contributed by atoms with van der Waals surface area (Å²) in [7, 11) is 0.864. The van der Waals surface area contributed by atoms with Crippen LogP contribution in [-0.4, -0.2) is 24.2 Å². The van der Waals surface area contributed by atoms with E-state index in [1.807, 2.05) is 0 Å². The smallest absolute Gasteiger partial charge is 0.0776 e. The van der Waals surface area contributed by atoms with Gasteiger partial charge in [0.25, 0.3) is 0 Å². The summed E-state index contributed by atoms with van der Waals surface area (Å²) in [5.74, 6) is 3.50. The van der Waals surface area contributed by atoms with Crippen LogP contribution in [0.3, 0.4) is 0 Å². The monoisotopic (exact) mass is 630 g/mol. The predicted octanol–water partition coefficient (Wildman–Crippen LogP) is 8.53. The highest BCUT2D eigenvalue weighted by atomic mass is 31.1. The van der Waals surface area contributed by atoms with Gasteiger partial charge in [-0.25, -0.2) is 9.97 Å². The second kappa shape index (κ2) is 11.1. The maximum atomic E-state index is 5.35. The molecule has 4 aliphatic rings. The van der Waals surface area contributed by atoms with Crippen molar-refractivity contribution in [3.63, 3.8) is 0 Å². The molecule has 4 aliphatic carbocycles. The van der Waals surface area contributed by atoms with Crippen molar-refractivity contribution in [3.05, 3.63) is 102 Å². The van der Waals surface area contributed by atoms with E-state index in [0.29, 0.717) is 5.41 Å². The highest BCUT2D eigenvalue weighted by Crippen LogP contribution is 2.64. The molecule has 0 saturated heterocycles. The molecule has 4 bridgehead atoms. The van der Waals surface area contributed by atoms with Crippen LogP contribution in [0.25, 0.3) is 21.8 Å². The number of fused-ring (bicyclic) bond motifs is 2. The molecule has 0 aliphatic heterocycles. The zero-order valence-electron chi connectivity index (χ0n) is 26.3. The molecule has 44 heavy (non-hydrogen) atoms. The minimum absolute atomic E-state index is 0.318. The molecule has 2 nitrogen and oxygen atoms in total. The van der Waals surface area contributed by atoms with Gasteiger partial charge in [-0.15, -0.1) is 9.24 Å². The Kier molecular flexibility index (Phi) is 7.32. The molecule has 9 rings (SSSR count). The first-order chi connectivity index (χ1) is 21.3. The number of para-hydroxylation sites is 2. The van der Waals surface area contributed by atoms with Crippen LogP contribution in [-0.2, 0) is 11.6 Å². The van der Waals surface area contributed by atoms with Gasteiger partial charge in [0.2, 0.25) is 0 Å². The highest BCUT2D eigenvalue weighted by molar-refractivity contribution is 7.71. The third kappa shape index (κ3) is 4.99. The number of benzene rings is 3. The largest absolute Gasteiger partial charge is 0.248 e. The van der Waals surface area contributed by atoms with Gasteiger partial charge in [-0.1, -0.05) is 91.6 Å². The van der Waals surface area contributed by atoms with E-state index in [9.17, 15) is 0 Å². The SMILES string of the molecule is C[Si](C)(C)c1ccc(C23CC4CC(CC(C4)C2CP)C3)c(CP(c2ccc3ccccc3n2)c2ccc3ccccc3n2)c1. The van der Waals surface area contributed by atoms with Crippen LogP contribution in [0.15, 0.2) is 91.0 Å². The van der Waals surface area contributed by atoms with Crippen LogP contribution >= 0.6 is 17.2 Å². The lowest BCUT2D eigenvalue weighted by Crippen LogP contribution is -2.56. The molecule has 5 aromatic rings. The summed E-state index contributed by atoms with van der Waals surface area (Å²) in [6, 6.07) is 34.1. The van der Waals surface area contributed by atoms with Gasteiger partial charge in [-0.05, 0) is 103 Å². The van der Waals surface area contributed by atoms with Crippen LogP contribution in [0, 0.1) is 23.7 Å². The van der Waals surface area contributed by atoms with E-state index in [2.05, 4.69) is 120 Å². The molecular weight excluding hydrogens is 586 g/mol. The lowest BCUT2D eigenvalue weighted by Gasteiger charge is -2.62. The topological polar surface area (TPSA) is 25.8 Å². The third-order valence-electron chi connectivity index (χ3n) is 11.3. The fourth-order valence-electron chi connectivity index (χ4n) is 9.52. The molecule has 2 aromatic heterocycles. The summed E-state index contributed by atoms with van der Waals surface area (Å²) in [5, 5.41) is 3.99. The molecule has 0 N–H and O–H groups in total. The highest BCUT2D eigenvalue weighted by Gasteiger charge is 2.57. The summed E-state index contributed by atoms with van der Waals surface area (Å²) in [5.41, 5.74) is 8.14. The van der Waals surface area contributed by atoms with Crippen molar-refractivity contribution in [1.29, 1.82) is 0 Å². The number of pyridine rings is 2. The van der Waals surface area contributed by atoms with E-state index >= 15 is 0 Å². The zero-order chi connectivity index (χ0) is 30.1. The second-order valence-electron chi connectivity index (χ2n) is 15.0. The summed E-state index contributed by atoms with van der Waals surface area (Å²) in [6.45, 7) is 7.50. The summed E-state index contributed by atoms with van der Waals surface area (Å²) in [6.07, 6.45) is 9.41. The van der Waals surface area contributed by atoms with Gasteiger partial charge in [-0.2, -0.15) is 0 Å². The number of hydrogen-bond acceptors (Lipinski definition) is 2. The van der Waals surface area contributed by atoms with Crippen molar-refractivity contribution in [3.8, 4) is 0 Å². The first-order valence-corrected chi connectivity index (χ1v) is 22.5. The van der Waals surface area contributed by atoms with E-state index in [0.717, 1.165) is 40.9 Å². The molecule has 4 unspecified atom stereocenters. The summed E-state index contributed by atoms with van der Waals surface area (Å²) >= 11 is 0. The lowest BCUT2D eigenvalue weighted by molar-refractivity contribution is -0.0520. The van der Waals surface area contributed by atoms with Crippen molar-refractivity contribution >= 4 is 63.1 Å². The Balaban J connectivity index is 1.31. The Hall–Kier alpha value is -2.44. The number of hydrogen-bond donors (Lipinski definition) is 0. The minimum atomic E-state index is -1.51. The molecule has 4 fully saturated rings. The van der Waals surface area contributed by atoms with E-state index in [-0.39, 0.29) is 0 Å². The number of nitrogens with zero attached hydrogens (tertiary/aromatic N) is 2. The fourth-order valence-corrected chi connectivity index (χ4v) is 13.7. The van der Waals surface area contributed by atoms with Crippen molar-refractivity contribution in [2.75, 3.05) is 6.16 Å².